The summed E-state index contributed by atoms with van der Waals surface area (Å²) in [6.45, 7) is 3.78. The van der Waals surface area contributed by atoms with Crippen molar-refractivity contribution in [1.82, 2.24) is 10.6 Å². The molecule has 1 aromatic carbocycles. The lowest BCUT2D eigenvalue weighted by molar-refractivity contribution is 0.328. The van der Waals surface area contributed by atoms with E-state index in [0.29, 0.717) is 24.9 Å². The van der Waals surface area contributed by atoms with Gasteiger partial charge >= 0.3 is 0 Å². The third-order valence-corrected chi connectivity index (χ3v) is 4.70. The lowest BCUT2D eigenvalue weighted by atomic mass is 10.2. The topological polar surface area (TPSA) is 79.8 Å². The molecule has 2 rings (SSSR count). The Morgan fingerprint density at radius 3 is 2.44 bits per heavy atom. The second-order valence-corrected chi connectivity index (χ2v) is 7.65. The number of hydrogen-bond donors (Lipinski definition) is 2. The first-order valence-corrected chi connectivity index (χ1v) is 10.0. The molecule has 0 spiro atoms. The highest BCUT2D eigenvalue weighted by molar-refractivity contribution is 14.0. The van der Waals surface area contributed by atoms with Crippen molar-refractivity contribution >= 4 is 39.8 Å². The first-order valence-electron chi connectivity index (χ1n) is 8.12. The summed E-state index contributed by atoms with van der Waals surface area (Å²) in [5, 5.41) is 6.61. The number of rotatable bonds is 7. The van der Waals surface area contributed by atoms with Crippen LogP contribution in [-0.2, 0) is 9.84 Å². The number of ether oxygens (including phenoxy) is 1. The lowest BCUT2D eigenvalue weighted by Crippen LogP contribution is -2.42. The maximum Gasteiger partial charge on any atom is 0.191 e. The SMILES string of the molecule is CCNC(=NCCOc1ccc(S(C)(=O)=O)cc1)NC1CC=CC1.I. The van der Waals surface area contributed by atoms with Gasteiger partial charge in [0.25, 0.3) is 0 Å². The van der Waals surface area contributed by atoms with E-state index in [4.69, 9.17) is 4.74 Å². The smallest absolute Gasteiger partial charge is 0.191 e. The van der Waals surface area contributed by atoms with Crippen LogP contribution in [0.15, 0.2) is 46.3 Å². The van der Waals surface area contributed by atoms with Gasteiger partial charge in [-0.25, -0.2) is 13.4 Å². The average Bonchev–Trinajstić information content (AvgIpc) is 3.04. The Morgan fingerprint density at radius 1 is 1.24 bits per heavy atom. The Balaban J connectivity index is 0.00000312. The molecule has 1 aliphatic rings. The van der Waals surface area contributed by atoms with Crippen LogP contribution in [0.4, 0.5) is 0 Å². The number of guanidine groups is 1. The van der Waals surface area contributed by atoms with Crippen molar-refractivity contribution in [3.63, 3.8) is 0 Å². The summed E-state index contributed by atoms with van der Waals surface area (Å²) >= 11 is 0. The molecule has 25 heavy (non-hydrogen) atoms. The summed E-state index contributed by atoms with van der Waals surface area (Å²) in [5.41, 5.74) is 0. The molecule has 0 amide bonds. The summed E-state index contributed by atoms with van der Waals surface area (Å²) in [6, 6.07) is 6.83. The van der Waals surface area contributed by atoms with Crippen molar-refractivity contribution in [2.24, 2.45) is 4.99 Å². The molecule has 140 valence electrons. The molecule has 0 fully saturated rings. The molecular weight excluding hydrogens is 453 g/mol. The number of nitrogens with one attached hydrogen (secondary N) is 2. The van der Waals surface area contributed by atoms with Crippen LogP contribution in [0.3, 0.4) is 0 Å². The molecule has 0 atom stereocenters. The molecular formula is C17H26IN3O3S. The van der Waals surface area contributed by atoms with Crippen molar-refractivity contribution in [3.05, 3.63) is 36.4 Å². The van der Waals surface area contributed by atoms with Crippen molar-refractivity contribution in [2.45, 2.75) is 30.7 Å². The van der Waals surface area contributed by atoms with Crippen LogP contribution in [-0.4, -0.2) is 46.4 Å². The van der Waals surface area contributed by atoms with E-state index in [1.807, 2.05) is 6.92 Å². The predicted octanol–water partition coefficient (Wildman–Crippen LogP) is 2.36. The highest BCUT2D eigenvalue weighted by Crippen LogP contribution is 2.15. The van der Waals surface area contributed by atoms with Gasteiger partial charge in [0.15, 0.2) is 15.8 Å². The van der Waals surface area contributed by atoms with Crippen molar-refractivity contribution < 1.29 is 13.2 Å². The zero-order valence-corrected chi connectivity index (χ0v) is 17.7. The number of hydrogen-bond acceptors (Lipinski definition) is 4. The summed E-state index contributed by atoms with van der Waals surface area (Å²) < 4.78 is 28.4. The molecule has 0 saturated carbocycles. The predicted molar refractivity (Wildman–Crippen MR) is 112 cm³/mol. The fourth-order valence-electron chi connectivity index (χ4n) is 2.35. The summed E-state index contributed by atoms with van der Waals surface area (Å²) in [4.78, 5) is 4.78. The fourth-order valence-corrected chi connectivity index (χ4v) is 2.98. The number of halogens is 1. The van der Waals surface area contributed by atoms with Gasteiger partial charge in [0.05, 0.1) is 11.4 Å². The molecule has 1 aliphatic carbocycles. The largest absolute Gasteiger partial charge is 0.492 e. The van der Waals surface area contributed by atoms with Crippen molar-refractivity contribution in [3.8, 4) is 5.75 Å². The van der Waals surface area contributed by atoms with Gasteiger partial charge in [-0.05, 0) is 44.0 Å². The van der Waals surface area contributed by atoms with Gasteiger partial charge in [0.1, 0.15) is 12.4 Å². The molecule has 0 aromatic heterocycles. The van der Waals surface area contributed by atoms with Gasteiger partial charge in [-0.15, -0.1) is 24.0 Å². The van der Waals surface area contributed by atoms with Crippen LogP contribution in [0.2, 0.25) is 0 Å². The molecule has 2 N–H and O–H groups in total. The van der Waals surface area contributed by atoms with Crippen molar-refractivity contribution in [1.29, 1.82) is 0 Å². The van der Waals surface area contributed by atoms with Crippen molar-refractivity contribution in [2.75, 3.05) is 26.0 Å². The zero-order chi connectivity index (χ0) is 17.4. The molecule has 1 aromatic rings. The lowest BCUT2D eigenvalue weighted by Gasteiger charge is -2.16. The minimum absolute atomic E-state index is 0. The normalized spacial score (nSPS) is 14.9. The van der Waals surface area contributed by atoms with E-state index < -0.39 is 9.84 Å². The van der Waals surface area contributed by atoms with E-state index in [1.165, 1.54) is 6.26 Å². The van der Waals surface area contributed by atoms with Gasteiger partial charge in [0, 0.05) is 18.8 Å². The Bertz CT molecular complexity index is 680. The summed E-state index contributed by atoms with van der Waals surface area (Å²) in [6.07, 6.45) is 7.57. The maximum atomic E-state index is 11.4. The van der Waals surface area contributed by atoms with Crippen LogP contribution in [0, 0.1) is 0 Å². The van der Waals surface area contributed by atoms with Crippen LogP contribution in [0.1, 0.15) is 19.8 Å². The highest BCUT2D eigenvalue weighted by Gasteiger charge is 2.11. The maximum absolute atomic E-state index is 11.4. The van der Waals surface area contributed by atoms with Crippen LogP contribution >= 0.6 is 24.0 Å². The van der Waals surface area contributed by atoms with Gasteiger partial charge in [-0.2, -0.15) is 0 Å². The molecule has 0 saturated heterocycles. The van der Waals surface area contributed by atoms with Gasteiger partial charge in [-0.1, -0.05) is 12.2 Å². The third kappa shape index (κ3) is 7.64. The van der Waals surface area contributed by atoms with Crippen LogP contribution < -0.4 is 15.4 Å². The molecule has 0 radical (unpaired) electrons. The quantitative estimate of drug-likeness (QED) is 0.207. The minimum Gasteiger partial charge on any atom is -0.492 e. The molecule has 8 heteroatoms. The first-order chi connectivity index (χ1) is 11.5. The van der Waals surface area contributed by atoms with E-state index in [-0.39, 0.29) is 28.9 Å². The van der Waals surface area contributed by atoms with E-state index >= 15 is 0 Å². The molecule has 0 unspecified atom stereocenters. The third-order valence-electron chi connectivity index (χ3n) is 3.57. The van der Waals surface area contributed by atoms with Gasteiger partial charge in [0.2, 0.25) is 0 Å². The molecule has 0 heterocycles. The second kappa shape index (κ2) is 10.6. The second-order valence-electron chi connectivity index (χ2n) is 5.64. The highest BCUT2D eigenvalue weighted by atomic mass is 127. The molecule has 6 nitrogen and oxygen atoms in total. The molecule has 0 bridgehead atoms. The Labute approximate surface area is 167 Å². The van der Waals surface area contributed by atoms with E-state index in [0.717, 1.165) is 25.3 Å². The summed E-state index contributed by atoms with van der Waals surface area (Å²) in [7, 11) is -3.17. The molecule has 0 aliphatic heterocycles. The van der Waals surface area contributed by atoms with Crippen LogP contribution in [0.25, 0.3) is 0 Å². The Hall–Kier alpha value is -1.29. The van der Waals surface area contributed by atoms with E-state index in [1.54, 1.807) is 24.3 Å². The number of benzene rings is 1. The fraction of sp³-hybridized carbons (Fsp3) is 0.471. The van der Waals surface area contributed by atoms with E-state index in [2.05, 4.69) is 27.8 Å². The van der Waals surface area contributed by atoms with Gasteiger partial charge in [-0.3, -0.25) is 0 Å². The Morgan fingerprint density at radius 2 is 1.88 bits per heavy atom. The first kappa shape index (κ1) is 21.8. The summed E-state index contributed by atoms with van der Waals surface area (Å²) in [5.74, 6) is 1.43. The average molecular weight is 479 g/mol. The zero-order valence-electron chi connectivity index (χ0n) is 14.6. The number of sulfone groups is 1. The van der Waals surface area contributed by atoms with E-state index in [9.17, 15) is 8.42 Å². The number of aliphatic imine (C=N–C) groups is 1. The minimum atomic E-state index is -3.17. The number of nitrogens with zero attached hydrogens (tertiary/aromatic N) is 1. The standard InChI is InChI=1S/C17H25N3O3S.HI/c1-3-18-17(20-14-6-4-5-7-14)19-12-13-23-15-8-10-16(11-9-15)24(2,21)22;/h4-5,8-11,14H,3,6-7,12-13H2,1-2H3,(H2,18,19,20);1H. The van der Waals surface area contributed by atoms with Crippen LogP contribution in [0.5, 0.6) is 5.75 Å². The monoisotopic (exact) mass is 479 g/mol. The Kier molecular flexibility index (Phi) is 9.26. The van der Waals surface area contributed by atoms with Gasteiger partial charge < -0.3 is 15.4 Å².